The van der Waals surface area contributed by atoms with Crippen LogP contribution in [0.25, 0.3) is 0 Å². The number of rotatable bonds is 9. The van der Waals surface area contributed by atoms with Crippen molar-refractivity contribution in [3.63, 3.8) is 0 Å². The molecule has 2 aliphatic rings. The van der Waals surface area contributed by atoms with E-state index in [4.69, 9.17) is 0 Å². The Morgan fingerprint density at radius 3 is 2.15 bits per heavy atom. The second-order valence-electron chi connectivity index (χ2n) is 9.76. The van der Waals surface area contributed by atoms with Crippen LogP contribution in [0.15, 0.2) is 24.3 Å². The summed E-state index contributed by atoms with van der Waals surface area (Å²) in [6.45, 7) is 3.73. The van der Waals surface area contributed by atoms with E-state index in [0.29, 0.717) is 5.69 Å². The van der Waals surface area contributed by atoms with Crippen molar-refractivity contribution in [1.29, 1.82) is 0 Å². The molecule has 0 bridgehead atoms. The predicted octanol–water partition coefficient (Wildman–Crippen LogP) is 3.68. The highest BCUT2D eigenvalue weighted by Gasteiger charge is 2.34. The summed E-state index contributed by atoms with van der Waals surface area (Å²) in [6.07, 6.45) is 10.3. The summed E-state index contributed by atoms with van der Waals surface area (Å²) in [5.41, 5.74) is 1.72. The molecule has 2 saturated carbocycles. The van der Waals surface area contributed by atoms with E-state index in [0.717, 1.165) is 63.4 Å². The standard InChI is InChI=1S/C26H39N3O4S/c1-19-13-15-22(16-14-19)27-24(30)17-34(33)18-25(31)29(23-11-7-4-8-12-23)20(2)26(32)28-21-9-5-3-6-10-21/h13-16,20-21,23H,3-12,17-18H2,1-2H3,(H,27,30)(H,28,32). The van der Waals surface area contributed by atoms with Gasteiger partial charge >= 0.3 is 0 Å². The van der Waals surface area contributed by atoms with E-state index in [-0.39, 0.29) is 41.3 Å². The fourth-order valence-corrected chi connectivity index (χ4v) is 5.92. The molecule has 0 saturated heterocycles. The largest absolute Gasteiger partial charge is 0.352 e. The Bertz CT molecular complexity index is 861. The van der Waals surface area contributed by atoms with Crippen molar-refractivity contribution in [1.82, 2.24) is 10.2 Å². The first-order valence-corrected chi connectivity index (χ1v) is 14.2. The van der Waals surface area contributed by atoms with Crippen molar-refractivity contribution in [2.24, 2.45) is 0 Å². The van der Waals surface area contributed by atoms with Crippen molar-refractivity contribution in [2.45, 2.75) is 96.2 Å². The van der Waals surface area contributed by atoms with E-state index in [1.807, 2.05) is 19.1 Å². The first-order valence-electron chi connectivity index (χ1n) is 12.7. The van der Waals surface area contributed by atoms with Gasteiger partial charge in [-0.05, 0) is 51.7 Å². The Labute approximate surface area is 205 Å². The van der Waals surface area contributed by atoms with Gasteiger partial charge in [0.15, 0.2) is 0 Å². The van der Waals surface area contributed by atoms with Crippen LogP contribution < -0.4 is 10.6 Å². The maximum absolute atomic E-state index is 13.3. The Morgan fingerprint density at radius 1 is 0.941 bits per heavy atom. The summed E-state index contributed by atoms with van der Waals surface area (Å²) in [5.74, 6) is -1.32. The molecule has 8 heteroatoms. The second kappa shape index (κ2) is 13.0. The first kappa shape index (κ1) is 26.4. The molecule has 2 atom stereocenters. The lowest BCUT2D eigenvalue weighted by atomic mass is 9.92. The molecule has 34 heavy (non-hydrogen) atoms. The molecular weight excluding hydrogens is 450 g/mol. The number of hydrogen-bond acceptors (Lipinski definition) is 4. The van der Waals surface area contributed by atoms with E-state index >= 15 is 0 Å². The van der Waals surface area contributed by atoms with Crippen LogP contribution in [0.2, 0.25) is 0 Å². The van der Waals surface area contributed by atoms with Crippen LogP contribution in [-0.4, -0.2) is 56.5 Å². The molecule has 2 aliphatic carbocycles. The monoisotopic (exact) mass is 489 g/mol. The van der Waals surface area contributed by atoms with Gasteiger partial charge in [0.2, 0.25) is 17.7 Å². The van der Waals surface area contributed by atoms with E-state index < -0.39 is 16.8 Å². The smallest absolute Gasteiger partial charge is 0.242 e. The zero-order valence-electron chi connectivity index (χ0n) is 20.5. The van der Waals surface area contributed by atoms with Crippen LogP contribution in [-0.2, 0) is 25.2 Å². The van der Waals surface area contributed by atoms with Gasteiger partial charge in [0.1, 0.15) is 17.5 Å². The van der Waals surface area contributed by atoms with Crippen molar-refractivity contribution in [2.75, 3.05) is 16.8 Å². The van der Waals surface area contributed by atoms with E-state index in [2.05, 4.69) is 10.6 Å². The Kier molecular flexibility index (Phi) is 10.1. The second-order valence-corrected chi connectivity index (χ2v) is 11.2. The van der Waals surface area contributed by atoms with Gasteiger partial charge in [-0.2, -0.15) is 0 Å². The quantitative estimate of drug-likeness (QED) is 0.553. The maximum atomic E-state index is 13.3. The van der Waals surface area contributed by atoms with Crippen LogP contribution in [0.4, 0.5) is 5.69 Å². The number of carbonyl (C=O) groups excluding carboxylic acids is 3. The fraction of sp³-hybridized carbons (Fsp3) is 0.654. The van der Waals surface area contributed by atoms with Crippen LogP contribution in [0.5, 0.6) is 0 Å². The lowest BCUT2D eigenvalue weighted by molar-refractivity contribution is -0.141. The third kappa shape index (κ3) is 7.93. The molecule has 7 nitrogen and oxygen atoms in total. The van der Waals surface area contributed by atoms with Gasteiger partial charge in [-0.1, -0.05) is 56.2 Å². The first-order chi connectivity index (χ1) is 16.3. The highest BCUT2D eigenvalue weighted by atomic mass is 32.2. The summed E-state index contributed by atoms with van der Waals surface area (Å²) in [5, 5.41) is 5.87. The Hall–Kier alpha value is -2.22. The summed E-state index contributed by atoms with van der Waals surface area (Å²) < 4.78 is 12.7. The summed E-state index contributed by atoms with van der Waals surface area (Å²) in [6, 6.07) is 6.89. The van der Waals surface area contributed by atoms with Gasteiger partial charge < -0.3 is 15.5 Å². The van der Waals surface area contributed by atoms with Gasteiger partial charge in [0, 0.05) is 28.6 Å². The predicted molar refractivity (Wildman–Crippen MR) is 136 cm³/mol. The number of hydrogen-bond donors (Lipinski definition) is 2. The number of anilines is 1. The highest BCUT2D eigenvalue weighted by molar-refractivity contribution is 7.86. The minimum Gasteiger partial charge on any atom is -0.352 e. The zero-order chi connectivity index (χ0) is 24.5. The normalized spacial score (nSPS) is 19.1. The number of benzene rings is 1. The molecule has 1 aromatic carbocycles. The molecule has 0 aliphatic heterocycles. The Morgan fingerprint density at radius 2 is 1.53 bits per heavy atom. The molecule has 3 rings (SSSR count). The van der Waals surface area contributed by atoms with Crippen LogP contribution >= 0.6 is 0 Å². The van der Waals surface area contributed by atoms with Crippen molar-refractivity contribution in [3.8, 4) is 0 Å². The van der Waals surface area contributed by atoms with Crippen LogP contribution in [0.1, 0.15) is 76.7 Å². The molecule has 0 spiro atoms. The molecular formula is C26H39N3O4S. The summed E-state index contributed by atoms with van der Waals surface area (Å²) >= 11 is 0. The van der Waals surface area contributed by atoms with Gasteiger partial charge in [0.25, 0.3) is 0 Å². The lowest BCUT2D eigenvalue weighted by Gasteiger charge is -2.38. The topological polar surface area (TPSA) is 95.6 Å². The van der Waals surface area contributed by atoms with Gasteiger partial charge in [-0.3, -0.25) is 18.6 Å². The zero-order valence-corrected chi connectivity index (χ0v) is 21.3. The molecule has 3 amide bonds. The van der Waals surface area contributed by atoms with Gasteiger partial charge in [0.05, 0.1) is 0 Å². The molecule has 2 N–H and O–H groups in total. The number of nitrogens with one attached hydrogen (secondary N) is 2. The molecule has 0 heterocycles. The van der Waals surface area contributed by atoms with E-state index in [1.54, 1.807) is 24.0 Å². The van der Waals surface area contributed by atoms with Gasteiger partial charge in [-0.15, -0.1) is 0 Å². The van der Waals surface area contributed by atoms with Crippen molar-refractivity contribution in [3.05, 3.63) is 29.8 Å². The number of nitrogens with zero attached hydrogens (tertiary/aromatic N) is 1. The van der Waals surface area contributed by atoms with Gasteiger partial charge in [-0.25, -0.2) is 0 Å². The SMILES string of the molecule is Cc1ccc(NC(=O)CS(=O)CC(=O)N(C2CCCCC2)C(C)C(=O)NC2CCCCC2)cc1. The summed E-state index contributed by atoms with van der Waals surface area (Å²) in [4.78, 5) is 40.3. The third-order valence-electron chi connectivity index (χ3n) is 6.92. The minimum atomic E-state index is -1.65. The fourth-order valence-electron chi connectivity index (χ4n) is 5.03. The molecule has 2 unspecified atom stereocenters. The van der Waals surface area contributed by atoms with Crippen molar-refractivity contribution < 1.29 is 18.6 Å². The molecule has 1 aromatic rings. The maximum Gasteiger partial charge on any atom is 0.242 e. The molecule has 0 aromatic heterocycles. The van der Waals surface area contributed by atoms with Crippen LogP contribution in [0.3, 0.4) is 0 Å². The summed E-state index contributed by atoms with van der Waals surface area (Å²) in [7, 11) is -1.65. The molecule has 0 radical (unpaired) electrons. The third-order valence-corrected chi connectivity index (χ3v) is 8.07. The average Bonchev–Trinajstić information content (AvgIpc) is 2.81. The minimum absolute atomic E-state index is 0.0215. The van der Waals surface area contributed by atoms with Crippen molar-refractivity contribution >= 4 is 34.2 Å². The average molecular weight is 490 g/mol. The number of carbonyl (C=O) groups is 3. The molecule has 188 valence electrons. The number of aryl methyl sites for hydroxylation is 1. The Balaban J connectivity index is 1.59. The van der Waals surface area contributed by atoms with E-state index in [9.17, 15) is 18.6 Å². The molecule has 2 fully saturated rings. The van der Waals surface area contributed by atoms with Crippen LogP contribution in [0, 0.1) is 6.92 Å². The van der Waals surface area contributed by atoms with E-state index in [1.165, 1.54) is 6.42 Å². The number of amides is 3. The highest BCUT2D eigenvalue weighted by Crippen LogP contribution is 2.25. The lowest BCUT2D eigenvalue weighted by Crippen LogP contribution is -2.55.